The normalized spacial score (nSPS) is 19.5. The van der Waals surface area contributed by atoms with E-state index in [1.165, 1.54) is 22.5 Å². The SMILES string of the molecule is CC(C)n1cc(CCCC(=O)N2CC3CC(C2)c2ccc(N([O-])O)c(=O)n2C3)c2ccccc21. The number of anilines is 1. The first-order chi connectivity index (χ1) is 16.3. The van der Waals surface area contributed by atoms with E-state index in [1.807, 2.05) is 4.90 Å². The van der Waals surface area contributed by atoms with Crippen LogP contribution in [0.5, 0.6) is 0 Å². The highest BCUT2D eigenvalue weighted by atomic mass is 16.8. The smallest absolute Gasteiger partial charge is 0.275 e. The van der Waals surface area contributed by atoms with E-state index in [1.54, 1.807) is 10.6 Å². The van der Waals surface area contributed by atoms with E-state index in [4.69, 9.17) is 0 Å². The van der Waals surface area contributed by atoms with Crippen molar-refractivity contribution in [1.29, 1.82) is 0 Å². The maximum absolute atomic E-state index is 13.1. The van der Waals surface area contributed by atoms with Crippen molar-refractivity contribution in [3.05, 3.63) is 69.4 Å². The van der Waals surface area contributed by atoms with Gasteiger partial charge in [-0.2, -0.15) is 0 Å². The molecule has 2 aliphatic rings. The van der Waals surface area contributed by atoms with Gasteiger partial charge >= 0.3 is 0 Å². The minimum absolute atomic E-state index is 0.0704. The fraction of sp³-hybridized carbons (Fsp3) is 0.462. The highest BCUT2D eigenvalue weighted by molar-refractivity contribution is 5.84. The molecule has 0 aliphatic carbocycles. The first-order valence-electron chi connectivity index (χ1n) is 12.1. The van der Waals surface area contributed by atoms with Crippen molar-refractivity contribution >= 4 is 22.5 Å². The largest absolute Gasteiger partial charge is 0.733 e. The molecule has 2 aromatic heterocycles. The van der Waals surface area contributed by atoms with Gasteiger partial charge in [0.1, 0.15) is 5.69 Å². The lowest BCUT2D eigenvalue weighted by molar-refractivity contribution is -0.134. The topological polar surface area (TPSA) is 93.8 Å². The van der Waals surface area contributed by atoms with Gasteiger partial charge in [0.25, 0.3) is 5.56 Å². The standard InChI is InChI=1S/C26H31N4O4/c1-17(2)28-16-19(21-7-3-4-8-23(21)28)6-5-9-25(31)27-13-18-12-20(15-27)22-10-11-24(30(33)34)26(32)29(22)14-18/h3-4,7-8,10-11,16-18,20,33H,5-6,9,12-15H2,1-2H3/q-1. The third kappa shape index (κ3) is 4.01. The third-order valence-corrected chi connectivity index (χ3v) is 7.36. The predicted octanol–water partition coefficient (Wildman–Crippen LogP) is 4.05. The Morgan fingerprint density at radius 3 is 2.74 bits per heavy atom. The lowest BCUT2D eigenvalue weighted by Crippen LogP contribution is -2.49. The summed E-state index contributed by atoms with van der Waals surface area (Å²) >= 11 is 0. The van der Waals surface area contributed by atoms with Gasteiger partial charge in [0.05, 0.1) is 0 Å². The van der Waals surface area contributed by atoms with Gasteiger partial charge in [0.15, 0.2) is 0 Å². The molecule has 2 unspecified atom stereocenters. The number of aromatic nitrogens is 2. The number of para-hydroxylation sites is 1. The summed E-state index contributed by atoms with van der Waals surface area (Å²) < 4.78 is 3.90. The number of nitrogens with zero attached hydrogens (tertiary/aromatic N) is 4. The van der Waals surface area contributed by atoms with Crippen molar-refractivity contribution in [3.8, 4) is 0 Å². The second-order valence-corrected chi connectivity index (χ2v) is 9.96. The molecule has 0 spiro atoms. The number of hydrogen-bond donors (Lipinski definition) is 1. The molecule has 8 heteroatoms. The molecule has 5 rings (SSSR count). The highest BCUT2D eigenvalue weighted by Crippen LogP contribution is 2.36. The van der Waals surface area contributed by atoms with Gasteiger partial charge in [-0.25, -0.2) is 0 Å². The quantitative estimate of drug-likeness (QED) is 0.557. The van der Waals surface area contributed by atoms with Crippen molar-refractivity contribution in [1.82, 2.24) is 14.0 Å². The summed E-state index contributed by atoms with van der Waals surface area (Å²) in [7, 11) is 0. The van der Waals surface area contributed by atoms with E-state index in [-0.39, 0.29) is 28.7 Å². The molecule has 1 fully saturated rings. The maximum atomic E-state index is 13.1. The van der Waals surface area contributed by atoms with Crippen LogP contribution in [0, 0.1) is 11.1 Å². The Bertz CT molecular complexity index is 1280. The lowest BCUT2D eigenvalue weighted by atomic mass is 9.83. The Hall–Kier alpha value is -3.10. The van der Waals surface area contributed by atoms with Crippen molar-refractivity contribution in [2.45, 2.75) is 58.0 Å². The van der Waals surface area contributed by atoms with Crippen LogP contribution < -0.4 is 10.8 Å². The molecular weight excluding hydrogens is 432 g/mol. The average Bonchev–Trinajstić information content (AvgIpc) is 3.18. The van der Waals surface area contributed by atoms with Crippen molar-refractivity contribution in [2.24, 2.45) is 5.92 Å². The number of amides is 1. The monoisotopic (exact) mass is 463 g/mol. The van der Waals surface area contributed by atoms with E-state index >= 15 is 0 Å². The van der Waals surface area contributed by atoms with Gasteiger partial charge in [-0.15, -0.1) is 0 Å². The first kappa shape index (κ1) is 22.7. The highest BCUT2D eigenvalue weighted by Gasteiger charge is 2.36. The molecular formula is C26H31N4O4-. The minimum atomic E-state index is -0.468. The zero-order chi connectivity index (χ0) is 24.0. The van der Waals surface area contributed by atoms with Crippen LogP contribution in [0.25, 0.3) is 10.9 Å². The number of rotatable bonds is 6. The zero-order valence-corrected chi connectivity index (χ0v) is 19.7. The number of likely N-dealkylation sites (tertiary alicyclic amines) is 1. The van der Waals surface area contributed by atoms with Crippen LogP contribution in [-0.4, -0.2) is 38.2 Å². The second-order valence-electron chi connectivity index (χ2n) is 9.96. The molecule has 2 bridgehead atoms. The summed E-state index contributed by atoms with van der Waals surface area (Å²) in [6.07, 6.45) is 5.31. The van der Waals surface area contributed by atoms with E-state index in [9.17, 15) is 20.0 Å². The van der Waals surface area contributed by atoms with Crippen LogP contribution in [-0.2, 0) is 17.8 Å². The first-order valence-corrected chi connectivity index (χ1v) is 12.1. The number of benzene rings is 1. The van der Waals surface area contributed by atoms with Crippen LogP contribution in [0.1, 0.15) is 56.3 Å². The number of aryl methyl sites for hydroxylation is 1. The predicted molar refractivity (Wildman–Crippen MR) is 131 cm³/mol. The van der Waals surface area contributed by atoms with Gasteiger partial charge in [-0.1, -0.05) is 18.2 Å². The molecule has 3 aromatic rings. The minimum Gasteiger partial charge on any atom is -0.733 e. The number of carbonyl (C=O) groups is 1. The second kappa shape index (κ2) is 8.92. The summed E-state index contributed by atoms with van der Waals surface area (Å²) in [6.45, 7) is 6.03. The van der Waals surface area contributed by atoms with Crippen LogP contribution in [0.3, 0.4) is 0 Å². The Morgan fingerprint density at radius 2 is 1.97 bits per heavy atom. The number of piperidine rings is 1. The Balaban J connectivity index is 1.25. The number of fused-ring (bicyclic) bond motifs is 5. The molecule has 1 aromatic carbocycles. The summed E-state index contributed by atoms with van der Waals surface area (Å²) in [5, 5.41) is 21.3. The van der Waals surface area contributed by atoms with E-state index in [0.717, 1.165) is 25.0 Å². The van der Waals surface area contributed by atoms with Crippen molar-refractivity contribution in [2.75, 3.05) is 18.3 Å². The molecule has 34 heavy (non-hydrogen) atoms. The lowest BCUT2D eigenvalue weighted by Gasteiger charge is -2.43. The molecule has 1 N–H and O–H groups in total. The van der Waals surface area contributed by atoms with Crippen LogP contribution in [0.4, 0.5) is 5.69 Å². The molecule has 1 amide bonds. The molecule has 8 nitrogen and oxygen atoms in total. The Morgan fingerprint density at radius 1 is 1.18 bits per heavy atom. The van der Waals surface area contributed by atoms with Gasteiger partial charge in [-0.3, -0.25) is 14.8 Å². The van der Waals surface area contributed by atoms with Crippen LogP contribution in [0.2, 0.25) is 0 Å². The van der Waals surface area contributed by atoms with E-state index in [0.29, 0.717) is 32.1 Å². The third-order valence-electron chi connectivity index (χ3n) is 7.36. The van der Waals surface area contributed by atoms with Gasteiger partial charge < -0.3 is 24.5 Å². The fourth-order valence-corrected chi connectivity index (χ4v) is 5.78. The summed E-state index contributed by atoms with van der Waals surface area (Å²) in [6, 6.07) is 11.9. The Labute approximate surface area is 198 Å². The van der Waals surface area contributed by atoms with Crippen molar-refractivity contribution in [3.63, 3.8) is 0 Å². The summed E-state index contributed by atoms with van der Waals surface area (Å²) in [5.74, 6) is 0.405. The van der Waals surface area contributed by atoms with E-state index < -0.39 is 5.56 Å². The van der Waals surface area contributed by atoms with Crippen molar-refractivity contribution < 1.29 is 10.0 Å². The molecule has 0 radical (unpaired) electrons. The fourth-order valence-electron chi connectivity index (χ4n) is 5.78. The number of hydrogen-bond acceptors (Lipinski definition) is 5. The maximum Gasteiger partial charge on any atom is 0.275 e. The van der Waals surface area contributed by atoms with Gasteiger partial charge in [0.2, 0.25) is 5.91 Å². The summed E-state index contributed by atoms with van der Waals surface area (Å²) in [5.41, 5.74) is 2.63. The molecule has 2 atom stereocenters. The van der Waals surface area contributed by atoms with E-state index in [2.05, 4.69) is 48.9 Å². The molecule has 0 saturated carbocycles. The molecule has 2 aliphatic heterocycles. The molecule has 1 saturated heterocycles. The average molecular weight is 464 g/mol. The Kier molecular flexibility index (Phi) is 5.95. The van der Waals surface area contributed by atoms with Gasteiger partial charge in [-0.05, 0) is 62.8 Å². The van der Waals surface area contributed by atoms with Crippen LogP contribution in [0.15, 0.2) is 47.4 Å². The molecule has 180 valence electrons. The number of carbonyl (C=O) groups excluding carboxylic acids is 1. The van der Waals surface area contributed by atoms with Crippen LogP contribution >= 0.6 is 0 Å². The zero-order valence-electron chi connectivity index (χ0n) is 19.7. The molecule has 4 heterocycles. The summed E-state index contributed by atoms with van der Waals surface area (Å²) in [4.78, 5) is 27.6. The number of pyridine rings is 1. The van der Waals surface area contributed by atoms with Gasteiger partial charge in [0, 0.05) is 60.8 Å².